The van der Waals surface area contributed by atoms with E-state index in [0.29, 0.717) is 5.41 Å². The second kappa shape index (κ2) is 4.54. The highest BCUT2D eigenvalue weighted by Crippen LogP contribution is 2.45. The summed E-state index contributed by atoms with van der Waals surface area (Å²) >= 11 is 6.90. The third-order valence-electron chi connectivity index (χ3n) is 3.20. The second-order valence-corrected chi connectivity index (χ2v) is 5.92. The van der Waals surface area contributed by atoms with E-state index in [4.69, 9.17) is 0 Å². The quantitative estimate of drug-likeness (QED) is 0.702. The number of halogens is 3. The molecule has 1 aromatic rings. The van der Waals surface area contributed by atoms with Gasteiger partial charge >= 0.3 is 0 Å². The van der Waals surface area contributed by atoms with Crippen molar-refractivity contribution in [3.63, 3.8) is 0 Å². The van der Waals surface area contributed by atoms with Crippen LogP contribution in [0.5, 0.6) is 0 Å². The van der Waals surface area contributed by atoms with Gasteiger partial charge in [0.05, 0.1) is 0 Å². The molecule has 1 aromatic carbocycles. The van der Waals surface area contributed by atoms with Crippen LogP contribution in [0.1, 0.15) is 24.8 Å². The first-order valence-corrected chi connectivity index (χ1v) is 7.06. The molecule has 3 heteroatoms. The van der Waals surface area contributed by atoms with Crippen molar-refractivity contribution in [3.05, 3.63) is 34.1 Å². The maximum Gasteiger partial charge on any atom is 0.124 e. The Labute approximate surface area is 107 Å². The van der Waals surface area contributed by atoms with Gasteiger partial charge in [0, 0.05) is 9.80 Å². The van der Waals surface area contributed by atoms with Gasteiger partial charge < -0.3 is 0 Å². The fourth-order valence-electron chi connectivity index (χ4n) is 2.18. The minimum atomic E-state index is -0.150. The molecule has 0 amide bonds. The number of alkyl halides is 1. The van der Waals surface area contributed by atoms with Crippen LogP contribution in [0.4, 0.5) is 4.39 Å². The van der Waals surface area contributed by atoms with Gasteiger partial charge in [-0.25, -0.2) is 4.39 Å². The molecule has 0 heterocycles. The van der Waals surface area contributed by atoms with E-state index in [-0.39, 0.29) is 5.82 Å². The summed E-state index contributed by atoms with van der Waals surface area (Å²) in [5.41, 5.74) is 1.48. The lowest BCUT2D eigenvalue weighted by molar-refractivity contribution is 0.170. The molecular formula is C12H13Br2F. The fourth-order valence-corrected chi connectivity index (χ4v) is 3.45. The van der Waals surface area contributed by atoms with Gasteiger partial charge in [-0.15, -0.1) is 0 Å². The van der Waals surface area contributed by atoms with Crippen LogP contribution in [0.25, 0.3) is 0 Å². The molecule has 15 heavy (non-hydrogen) atoms. The van der Waals surface area contributed by atoms with E-state index in [9.17, 15) is 4.39 Å². The highest BCUT2D eigenvalue weighted by molar-refractivity contribution is 9.10. The summed E-state index contributed by atoms with van der Waals surface area (Å²) in [5, 5.41) is 1.02. The van der Waals surface area contributed by atoms with Crippen LogP contribution in [0.2, 0.25) is 0 Å². The van der Waals surface area contributed by atoms with Crippen LogP contribution in [-0.2, 0) is 6.42 Å². The van der Waals surface area contributed by atoms with E-state index < -0.39 is 0 Å². The second-order valence-electron chi connectivity index (χ2n) is 4.44. The first-order valence-electron chi connectivity index (χ1n) is 5.15. The van der Waals surface area contributed by atoms with Crippen LogP contribution in [0.15, 0.2) is 22.7 Å². The number of hydrogen-bond donors (Lipinski definition) is 0. The van der Waals surface area contributed by atoms with E-state index in [2.05, 4.69) is 31.9 Å². The van der Waals surface area contributed by atoms with Crippen molar-refractivity contribution in [2.45, 2.75) is 25.7 Å². The maximum atomic E-state index is 13.2. The molecule has 1 aliphatic rings. The molecule has 0 nitrogen and oxygen atoms in total. The molecule has 0 unspecified atom stereocenters. The zero-order valence-electron chi connectivity index (χ0n) is 8.40. The zero-order valence-corrected chi connectivity index (χ0v) is 11.6. The van der Waals surface area contributed by atoms with Gasteiger partial charge in [-0.1, -0.05) is 38.3 Å². The predicted octanol–water partition coefficient (Wildman–Crippen LogP) is 4.70. The number of hydrogen-bond acceptors (Lipinski definition) is 0. The lowest BCUT2D eigenvalue weighted by Gasteiger charge is -2.40. The van der Waals surface area contributed by atoms with Gasteiger partial charge in [0.2, 0.25) is 0 Å². The molecule has 0 radical (unpaired) electrons. The zero-order chi connectivity index (χ0) is 10.9. The first kappa shape index (κ1) is 11.6. The molecule has 2 rings (SSSR count). The van der Waals surface area contributed by atoms with Crippen molar-refractivity contribution in [3.8, 4) is 0 Å². The molecule has 1 aliphatic carbocycles. The van der Waals surface area contributed by atoms with Crippen LogP contribution in [0.3, 0.4) is 0 Å². The minimum Gasteiger partial charge on any atom is -0.207 e. The molecule has 0 bridgehead atoms. The Bertz CT molecular complexity index is 333. The summed E-state index contributed by atoms with van der Waals surface area (Å²) < 4.78 is 14.0. The summed E-state index contributed by atoms with van der Waals surface area (Å²) in [7, 11) is 0. The average molecular weight is 336 g/mol. The molecule has 0 aliphatic heterocycles. The van der Waals surface area contributed by atoms with Crippen molar-refractivity contribution >= 4 is 31.9 Å². The first-order chi connectivity index (χ1) is 7.13. The predicted molar refractivity (Wildman–Crippen MR) is 67.9 cm³/mol. The van der Waals surface area contributed by atoms with Gasteiger partial charge in [0.25, 0.3) is 0 Å². The van der Waals surface area contributed by atoms with Crippen LogP contribution >= 0.6 is 31.9 Å². The molecule has 0 atom stereocenters. The smallest absolute Gasteiger partial charge is 0.124 e. The van der Waals surface area contributed by atoms with Gasteiger partial charge in [-0.05, 0) is 48.4 Å². The van der Waals surface area contributed by atoms with Crippen molar-refractivity contribution in [2.24, 2.45) is 5.41 Å². The van der Waals surface area contributed by atoms with Crippen molar-refractivity contribution in [1.82, 2.24) is 0 Å². The topological polar surface area (TPSA) is 0 Å². The van der Waals surface area contributed by atoms with Crippen LogP contribution in [0, 0.1) is 11.2 Å². The Hall–Kier alpha value is 0.110. The largest absolute Gasteiger partial charge is 0.207 e. The van der Waals surface area contributed by atoms with Crippen LogP contribution in [-0.4, -0.2) is 5.33 Å². The Morgan fingerprint density at radius 3 is 2.47 bits per heavy atom. The molecule has 0 saturated heterocycles. The number of rotatable bonds is 3. The monoisotopic (exact) mass is 334 g/mol. The normalized spacial score (nSPS) is 18.6. The van der Waals surface area contributed by atoms with Crippen molar-refractivity contribution in [2.75, 3.05) is 5.33 Å². The molecule has 0 N–H and O–H groups in total. The summed E-state index contributed by atoms with van der Waals surface area (Å²) in [6.07, 6.45) is 4.80. The molecular weight excluding hydrogens is 323 g/mol. The van der Waals surface area contributed by atoms with Crippen LogP contribution < -0.4 is 0 Å². The van der Waals surface area contributed by atoms with Gasteiger partial charge in [0.15, 0.2) is 0 Å². The van der Waals surface area contributed by atoms with Gasteiger partial charge in [-0.3, -0.25) is 0 Å². The Morgan fingerprint density at radius 2 is 2.00 bits per heavy atom. The Kier molecular flexibility index (Phi) is 3.51. The Balaban J connectivity index is 2.16. The van der Waals surface area contributed by atoms with E-state index >= 15 is 0 Å². The standard InChI is InChI=1S/C12H13Br2F/c13-8-12(2-1-3-12)7-9-4-10(14)6-11(15)5-9/h4-6H,1-3,7-8H2. The molecule has 1 fully saturated rings. The summed E-state index contributed by atoms with van der Waals surface area (Å²) in [4.78, 5) is 0. The fraction of sp³-hybridized carbons (Fsp3) is 0.500. The maximum absolute atomic E-state index is 13.2. The third-order valence-corrected chi connectivity index (χ3v) is 4.85. The minimum absolute atomic E-state index is 0.150. The lowest BCUT2D eigenvalue weighted by Crippen LogP contribution is -2.33. The third kappa shape index (κ3) is 2.62. The Morgan fingerprint density at radius 1 is 1.27 bits per heavy atom. The molecule has 0 aromatic heterocycles. The molecule has 82 valence electrons. The summed E-state index contributed by atoms with van der Waals surface area (Å²) in [6.45, 7) is 0. The van der Waals surface area contributed by atoms with E-state index in [1.807, 2.05) is 6.07 Å². The van der Waals surface area contributed by atoms with E-state index in [0.717, 1.165) is 21.8 Å². The average Bonchev–Trinajstić information content (AvgIpc) is 2.10. The summed E-state index contributed by atoms with van der Waals surface area (Å²) in [6, 6.07) is 5.17. The molecule has 0 spiro atoms. The van der Waals surface area contributed by atoms with Crippen molar-refractivity contribution in [1.29, 1.82) is 0 Å². The lowest BCUT2D eigenvalue weighted by atomic mass is 9.67. The SMILES string of the molecule is Fc1cc(Br)cc(CC2(CBr)CCC2)c1. The highest BCUT2D eigenvalue weighted by atomic mass is 79.9. The highest BCUT2D eigenvalue weighted by Gasteiger charge is 2.35. The number of benzene rings is 1. The molecule has 1 saturated carbocycles. The van der Waals surface area contributed by atoms with Gasteiger partial charge in [-0.2, -0.15) is 0 Å². The van der Waals surface area contributed by atoms with Gasteiger partial charge in [0.1, 0.15) is 5.82 Å². The van der Waals surface area contributed by atoms with E-state index in [1.165, 1.54) is 25.3 Å². The van der Waals surface area contributed by atoms with E-state index in [1.54, 1.807) is 6.07 Å². The summed E-state index contributed by atoms with van der Waals surface area (Å²) in [5.74, 6) is -0.150. The van der Waals surface area contributed by atoms with Crippen molar-refractivity contribution < 1.29 is 4.39 Å².